The number of aliphatic imine (C=N–C) groups is 1. The molecule has 2 N–H and O–H groups in total. The van der Waals surface area contributed by atoms with Gasteiger partial charge in [-0.05, 0) is 20.8 Å². The summed E-state index contributed by atoms with van der Waals surface area (Å²) in [4.78, 5) is 12.4. The molecular formula is C14H20F2N6O. The zero-order valence-corrected chi connectivity index (χ0v) is 13.3. The van der Waals surface area contributed by atoms with Gasteiger partial charge in [0.25, 0.3) is 0 Å². The van der Waals surface area contributed by atoms with E-state index < -0.39 is 6.55 Å². The molecule has 7 nitrogen and oxygen atoms in total. The van der Waals surface area contributed by atoms with Gasteiger partial charge in [0.1, 0.15) is 18.1 Å². The third kappa shape index (κ3) is 4.51. The lowest BCUT2D eigenvalue weighted by atomic mass is 10.4. The van der Waals surface area contributed by atoms with Gasteiger partial charge >= 0.3 is 6.55 Å². The van der Waals surface area contributed by atoms with Gasteiger partial charge in [-0.25, -0.2) is 15.0 Å². The summed E-state index contributed by atoms with van der Waals surface area (Å²) in [5.74, 6) is 1.98. The molecule has 0 aliphatic heterocycles. The van der Waals surface area contributed by atoms with E-state index in [1.165, 1.54) is 12.4 Å². The number of aromatic nitrogens is 3. The fraction of sp³-hybridized carbons (Fsp3) is 0.500. The van der Waals surface area contributed by atoms with Gasteiger partial charge in [-0.3, -0.25) is 4.57 Å². The third-order valence-corrected chi connectivity index (χ3v) is 3.16. The molecule has 0 aliphatic carbocycles. The van der Waals surface area contributed by atoms with Gasteiger partial charge in [-0.15, -0.1) is 0 Å². The van der Waals surface area contributed by atoms with Gasteiger partial charge in [0.15, 0.2) is 5.96 Å². The van der Waals surface area contributed by atoms with Crippen LogP contribution in [0.1, 0.15) is 36.6 Å². The second-order valence-corrected chi connectivity index (χ2v) is 4.83. The second-order valence-electron chi connectivity index (χ2n) is 4.83. The predicted molar refractivity (Wildman–Crippen MR) is 81.1 cm³/mol. The van der Waals surface area contributed by atoms with Crippen LogP contribution in [0.25, 0.3) is 0 Å². The maximum absolute atomic E-state index is 12.8. The number of aryl methyl sites for hydroxylation is 2. The van der Waals surface area contributed by atoms with Crippen molar-refractivity contribution in [1.29, 1.82) is 0 Å². The summed E-state index contributed by atoms with van der Waals surface area (Å²) in [5.41, 5.74) is 0.836. The van der Waals surface area contributed by atoms with Crippen LogP contribution in [-0.4, -0.2) is 27.0 Å². The number of alkyl halides is 2. The fourth-order valence-electron chi connectivity index (χ4n) is 1.91. The molecule has 0 spiro atoms. The summed E-state index contributed by atoms with van der Waals surface area (Å²) in [7, 11) is 0. The number of oxazole rings is 1. The van der Waals surface area contributed by atoms with E-state index >= 15 is 0 Å². The predicted octanol–water partition coefficient (Wildman–Crippen LogP) is 2.14. The van der Waals surface area contributed by atoms with Crippen molar-refractivity contribution in [2.75, 3.05) is 6.54 Å². The van der Waals surface area contributed by atoms with Crippen molar-refractivity contribution in [3.8, 4) is 0 Å². The minimum absolute atomic E-state index is 0.0380. The molecule has 0 saturated heterocycles. The van der Waals surface area contributed by atoms with Crippen LogP contribution >= 0.6 is 0 Å². The first-order valence-electron chi connectivity index (χ1n) is 7.26. The number of hydrogen-bond acceptors (Lipinski definition) is 4. The molecule has 0 radical (unpaired) electrons. The third-order valence-electron chi connectivity index (χ3n) is 3.16. The average molecular weight is 326 g/mol. The number of halogens is 2. The standard InChI is InChI=1S/C14H20F2N6O/c1-4-17-14(20-8-12-21-9(2)10(3)23-12)19-7-11-18-5-6-22(11)13(15)16/h5-6,13H,4,7-8H2,1-3H3,(H2,17,19,20). The Balaban J connectivity index is 2.00. The van der Waals surface area contributed by atoms with Gasteiger partial charge in [0.05, 0.1) is 12.2 Å². The summed E-state index contributed by atoms with van der Waals surface area (Å²) in [6.07, 6.45) is 2.56. The number of rotatable bonds is 6. The zero-order chi connectivity index (χ0) is 16.8. The van der Waals surface area contributed by atoms with E-state index in [4.69, 9.17) is 4.42 Å². The first-order valence-corrected chi connectivity index (χ1v) is 7.26. The molecule has 0 aromatic carbocycles. The Morgan fingerprint density at radius 1 is 1.39 bits per heavy atom. The summed E-state index contributed by atoms with van der Waals surface area (Å²) in [5, 5.41) is 6.08. The normalized spacial score (nSPS) is 12.0. The molecule has 2 heterocycles. The lowest BCUT2D eigenvalue weighted by Gasteiger charge is -2.10. The monoisotopic (exact) mass is 326 g/mol. The second kappa shape index (κ2) is 7.70. The van der Waals surface area contributed by atoms with Crippen molar-refractivity contribution in [2.45, 2.75) is 40.4 Å². The van der Waals surface area contributed by atoms with Gasteiger partial charge < -0.3 is 15.1 Å². The van der Waals surface area contributed by atoms with Gasteiger partial charge in [0.2, 0.25) is 5.89 Å². The van der Waals surface area contributed by atoms with Gasteiger partial charge in [-0.1, -0.05) is 0 Å². The molecule has 9 heteroatoms. The minimum atomic E-state index is -2.63. The summed E-state index contributed by atoms with van der Waals surface area (Å²) >= 11 is 0. The van der Waals surface area contributed by atoms with Crippen LogP contribution < -0.4 is 10.6 Å². The number of guanidine groups is 1. The van der Waals surface area contributed by atoms with Crippen molar-refractivity contribution in [3.63, 3.8) is 0 Å². The summed E-state index contributed by atoms with van der Waals surface area (Å²) in [6, 6.07) is 0. The molecule has 0 aliphatic rings. The lowest BCUT2D eigenvalue weighted by molar-refractivity contribution is 0.0671. The largest absolute Gasteiger partial charge is 0.444 e. The Morgan fingerprint density at radius 3 is 2.78 bits per heavy atom. The molecule has 0 bridgehead atoms. The van der Waals surface area contributed by atoms with Crippen molar-refractivity contribution in [3.05, 3.63) is 35.6 Å². The Bertz CT molecular complexity index is 645. The molecule has 126 valence electrons. The van der Waals surface area contributed by atoms with Crippen LogP contribution in [0.5, 0.6) is 0 Å². The smallest absolute Gasteiger partial charge is 0.319 e. The molecule has 0 fully saturated rings. The summed E-state index contributed by atoms with van der Waals surface area (Å²) in [6.45, 7) is 4.02. The first-order chi connectivity index (χ1) is 11.0. The van der Waals surface area contributed by atoms with Gasteiger partial charge in [0, 0.05) is 18.9 Å². The molecular weight excluding hydrogens is 306 g/mol. The maximum Gasteiger partial charge on any atom is 0.319 e. The molecule has 2 rings (SSSR count). The minimum Gasteiger partial charge on any atom is -0.444 e. The lowest BCUT2D eigenvalue weighted by Crippen LogP contribution is -2.37. The summed E-state index contributed by atoms with van der Waals surface area (Å²) < 4.78 is 31.8. The molecule has 0 saturated carbocycles. The van der Waals surface area contributed by atoms with Crippen LogP contribution in [0.15, 0.2) is 21.8 Å². The number of nitrogens with zero attached hydrogens (tertiary/aromatic N) is 4. The van der Waals surface area contributed by atoms with Crippen LogP contribution in [0, 0.1) is 13.8 Å². The van der Waals surface area contributed by atoms with Crippen molar-refractivity contribution >= 4 is 5.96 Å². The molecule has 0 unspecified atom stereocenters. The van der Waals surface area contributed by atoms with E-state index in [0.717, 1.165) is 16.0 Å². The van der Waals surface area contributed by atoms with Crippen LogP contribution in [0.3, 0.4) is 0 Å². The quantitative estimate of drug-likeness (QED) is 0.628. The van der Waals surface area contributed by atoms with Crippen LogP contribution in [-0.2, 0) is 13.1 Å². The highest BCUT2D eigenvalue weighted by Crippen LogP contribution is 2.13. The van der Waals surface area contributed by atoms with Crippen molar-refractivity contribution in [2.24, 2.45) is 4.99 Å². The Kier molecular flexibility index (Phi) is 5.67. The van der Waals surface area contributed by atoms with E-state index in [9.17, 15) is 8.78 Å². The number of hydrogen-bond donors (Lipinski definition) is 2. The van der Waals surface area contributed by atoms with E-state index in [1.54, 1.807) is 0 Å². The van der Waals surface area contributed by atoms with Crippen LogP contribution in [0.2, 0.25) is 0 Å². The van der Waals surface area contributed by atoms with Crippen LogP contribution in [0.4, 0.5) is 8.78 Å². The highest BCUT2D eigenvalue weighted by atomic mass is 19.3. The number of nitrogens with one attached hydrogen (secondary N) is 2. The molecule has 2 aromatic heterocycles. The van der Waals surface area contributed by atoms with E-state index in [0.29, 0.717) is 24.9 Å². The highest BCUT2D eigenvalue weighted by molar-refractivity contribution is 5.79. The van der Waals surface area contributed by atoms with Crippen molar-refractivity contribution < 1.29 is 13.2 Å². The number of imidazole rings is 1. The Morgan fingerprint density at radius 2 is 2.17 bits per heavy atom. The average Bonchev–Trinajstić information content (AvgIpc) is 3.09. The molecule has 2 aromatic rings. The fourth-order valence-corrected chi connectivity index (χ4v) is 1.91. The molecule has 0 amide bonds. The van der Waals surface area contributed by atoms with E-state index in [1.807, 2.05) is 20.8 Å². The molecule has 23 heavy (non-hydrogen) atoms. The van der Waals surface area contributed by atoms with E-state index in [-0.39, 0.29) is 12.4 Å². The van der Waals surface area contributed by atoms with Crippen molar-refractivity contribution in [1.82, 2.24) is 25.2 Å². The Labute approximate surface area is 132 Å². The highest BCUT2D eigenvalue weighted by Gasteiger charge is 2.11. The SMILES string of the molecule is CCNC(=NCc1nccn1C(F)F)NCc1nc(C)c(C)o1. The van der Waals surface area contributed by atoms with E-state index in [2.05, 4.69) is 25.6 Å². The topological polar surface area (TPSA) is 80.3 Å². The molecule has 0 atom stereocenters. The zero-order valence-electron chi connectivity index (χ0n) is 13.3. The first kappa shape index (κ1) is 16.9. The Hall–Kier alpha value is -2.45. The van der Waals surface area contributed by atoms with Gasteiger partial charge in [-0.2, -0.15) is 8.78 Å². The maximum atomic E-state index is 12.8.